The number of pyridine rings is 2. The molecular weight excluding hydrogens is 928 g/mol. The zero-order valence-electron chi connectivity index (χ0n) is 41.8. The number of aliphatic hydroxyl groups excluding tert-OH is 1. The standard InChI is InChI=1S/C53H62F3N11O5/c1-32-22-37(14-17-64(32)38-12-15-57-45(25-38)52(5,6)53(54,55)56)63-18-19-65(33(2)28-63)42-10-9-36(23-34(42)8-11-46(70)59-31-69)60-47-50(72)62(7)29-41(61-47)39-13-16-58-48(40(39)30-68)67-21-20-66-43(49(67)71)24-35-26-51(3,4)27-44(35)66/h8-13,15-16,23-25,29,31-33,37,68H,14,17-22,26-28,30H2,1-7H3,(H,60,61)(H,59,69,70)/t32-,33-,37?/m0/s1. The number of hydrogen-bond acceptors (Lipinski definition) is 12. The van der Waals surface area contributed by atoms with Crippen molar-refractivity contribution in [3.8, 4) is 11.3 Å². The fraction of sp³-hybridized carbons (Fsp3) is 0.453. The molecule has 5 aromatic rings. The van der Waals surface area contributed by atoms with Crippen LogP contribution < -0.4 is 30.9 Å². The van der Waals surface area contributed by atoms with Crippen molar-refractivity contribution < 1.29 is 32.7 Å². The predicted octanol–water partition coefficient (Wildman–Crippen LogP) is 6.75. The van der Waals surface area contributed by atoms with Gasteiger partial charge in [0.25, 0.3) is 11.5 Å². The van der Waals surface area contributed by atoms with Gasteiger partial charge in [0.1, 0.15) is 16.9 Å². The van der Waals surface area contributed by atoms with Crippen LogP contribution in [0.15, 0.2) is 71.9 Å². The average Bonchev–Trinajstić information content (AvgIpc) is 3.84. The summed E-state index contributed by atoms with van der Waals surface area (Å²) >= 11 is 0. The number of aryl methyl sites for hydroxylation is 1. The van der Waals surface area contributed by atoms with E-state index in [1.54, 1.807) is 48.6 Å². The molecule has 4 aliphatic rings. The number of nitrogens with one attached hydrogen (secondary N) is 2. The number of amides is 3. The van der Waals surface area contributed by atoms with E-state index < -0.39 is 29.7 Å². The molecule has 0 spiro atoms. The summed E-state index contributed by atoms with van der Waals surface area (Å²) in [5.41, 5.74) is 4.62. The van der Waals surface area contributed by atoms with Gasteiger partial charge >= 0.3 is 6.18 Å². The van der Waals surface area contributed by atoms with Gasteiger partial charge in [-0.1, -0.05) is 13.8 Å². The van der Waals surface area contributed by atoms with Crippen molar-refractivity contribution in [3.05, 3.63) is 111 Å². The molecule has 1 aliphatic carbocycles. The summed E-state index contributed by atoms with van der Waals surface area (Å²) in [4.78, 5) is 73.5. The van der Waals surface area contributed by atoms with Gasteiger partial charge in [-0.15, -0.1) is 0 Å². The highest BCUT2D eigenvalue weighted by Crippen LogP contribution is 2.42. The summed E-state index contributed by atoms with van der Waals surface area (Å²) in [6, 6.07) is 13.0. The summed E-state index contributed by atoms with van der Waals surface area (Å²) in [5.74, 6) is -0.470. The van der Waals surface area contributed by atoms with Crippen molar-refractivity contribution in [1.82, 2.24) is 34.3 Å². The molecule has 0 saturated carbocycles. The lowest BCUT2D eigenvalue weighted by molar-refractivity contribution is -0.181. The maximum atomic E-state index is 14.1. The number of anilines is 5. The maximum Gasteiger partial charge on any atom is 0.399 e. The Hall–Kier alpha value is -6.86. The molecule has 0 bridgehead atoms. The molecule has 1 aromatic carbocycles. The molecule has 0 radical (unpaired) electrons. The number of piperidine rings is 1. The number of halogens is 3. The lowest BCUT2D eigenvalue weighted by Crippen LogP contribution is -2.58. The van der Waals surface area contributed by atoms with Crippen LogP contribution in [-0.2, 0) is 48.0 Å². The SMILES string of the molecule is C[C@H]1CC(N2CCN(c3ccc(Nc4nc(-c5ccnc(N6CCn7c(cc8c7CC(C)(C)C8)C6=O)c5CO)cn(C)c4=O)cc3C=CC(=O)NC=O)[C@@H](C)C2)CCN1c1ccnc(C(C)(C)C(F)(F)F)c1. The van der Waals surface area contributed by atoms with Crippen LogP contribution in [0.2, 0.25) is 0 Å². The summed E-state index contributed by atoms with van der Waals surface area (Å²) < 4.78 is 45.2. The molecule has 3 aliphatic heterocycles. The number of carbonyl (C=O) groups is 3. The lowest BCUT2D eigenvalue weighted by Gasteiger charge is -2.48. The van der Waals surface area contributed by atoms with Crippen LogP contribution in [-0.4, -0.2) is 109 Å². The Kier molecular flexibility index (Phi) is 13.4. The van der Waals surface area contributed by atoms with Gasteiger partial charge in [-0.25, -0.2) is 9.97 Å². The van der Waals surface area contributed by atoms with Crippen LogP contribution in [0.1, 0.15) is 93.0 Å². The Morgan fingerprint density at radius 2 is 1.72 bits per heavy atom. The van der Waals surface area contributed by atoms with Gasteiger partial charge in [0, 0.05) is 129 Å². The molecule has 72 heavy (non-hydrogen) atoms. The molecule has 380 valence electrons. The van der Waals surface area contributed by atoms with Crippen LogP contribution in [0.3, 0.4) is 0 Å². The molecule has 3 N–H and O–H groups in total. The fourth-order valence-electron chi connectivity index (χ4n) is 11.1. The fourth-order valence-corrected chi connectivity index (χ4v) is 11.1. The van der Waals surface area contributed by atoms with E-state index >= 15 is 0 Å². The molecule has 2 saturated heterocycles. The second-order valence-corrected chi connectivity index (χ2v) is 21.0. The Bertz CT molecular complexity index is 3020. The number of piperazine rings is 1. The Morgan fingerprint density at radius 1 is 0.944 bits per heavy atom. The first-order chi connectivity index (χ1) is 34.2. The van der Waals surface area contributed by atoms with Crippen LogP contribution in [0.4, 0.5) is 41.9 Å². The van der Waals surface area contributed by atoms with E-state index in [1.165, 1.54) is 28.1 Å². The zero-order chi connectivity index (χ0) is 51.4. The van der Waals surface area contributed by atoms with Crippen molar-refractivity contribution in [2.75, 3.05) is 52.7 Å². The first-order valence-corrected chi connectivity index (χ1v) is 24.5. The lowest BCUT2D eigenvalue weighted by atomic mass is 9.87. The number of alkyl halides is 3. The van der Waals surface area contributed by atoms with Gasteiger partial charge in [0.15, 0.2) is 5.82 Å². The molecule has 3 atom stereocenters. The minimum absolute atomic E-state index is 0.000258. The van der Waals surface area contributed by atoms with Crippen LogP contribution in [0.25, 0.3) is 17.3 Å². The second kappa shape index (κ2) is 19.3. The van der Waals surface area contributed by atoms with Crippen LogP contribution >= 0.6 is 0 Å². The summed E-state index contributed by atoms with van der Waals surface area (Å²) in [6.45, 7) is 14.4. The number of fused-ring (bicyclic) bond motifs is 3. The topological polar surface area (TPSA) is 174 Å². The molecule has 16 nitrogen and oxygen atoms in total. The van der Waals surface area contributed by atoms with Gasteiger partial charge < -0.3 is 29.4 Å². The second-order valence-electron chi connectivity index (χ2n) is 21.0. The summed E-state index contributed by atoms with van der Waals surface area (Å²) in [6.07, 6.45) is 6.86. The highest BCUT2D eigenvalue weighted by atomic mass is 19.4. The molecule has 9 rings (SSSR count). The zero-order valence-corrected chi connectivity index (χ0v) is 41.8. The third-order valence-corrected chi connectivity index (χ3v) is 15.1. The minimum Gasteiger partial charge on any atom is -0.392 e. The van der Waals surface area contributed by atoms with E-state index in [0.29, 0.717) is 72.2 Å². The molecule has 2 fully saturated rings. The van der Waals surface area contributed by atoms with Crippen LogP contribution in [0.5, 0.6) is 0 Å². The van der Waals surface area contributed by atoms with Crippen molar-refractivity contribution >= 4 is 53.0 Å². The minimum atomic E-state index is -4.44. The van der Waals surface area contributed by atoms with Gasteiger partial charge in [-0.2, -0.15) is 13.2 Å². The monoisotopic (exact) mass is 989 g/mol. The molecule has 19 heteroatoms. The summed E-state index contributed by atoms with van der Waals surface area (Å²) in [7, 11) is 1.61. The predicted molar refractivity (Wildman–Crippen MR) is 270 cm³/mol. The first kappa shape index (κ1) is 50.1. The Balaban J connectivity index is 0.929. The van der Waals surface area contributed by atoms with E-state index in [1.807, 2.05) is 24.3 Å². The highest BCUT2D eigenvalue weighted by molar-refractivity contribution is 6.06. The quantitative estimate of drug-likeness (QED) is 0.0888. The maximum absolute atomic E-state index is 14.1. The first-order valence-electron chi connectivity index (χ1n) is 24.5. The third kappa shape index (κ3) is 9.51. The number of rotatable bonds is 12. The van der Waals surface area contributed by atoms with Crippen molar-refractivity contribution in [1.29, 1.82) is 0 Å². The number of hydrogen-bond donors (Lipinski definition) is 3. The van der Waals surface area contributed by atoms with E-state index in [2.05, 4.69) is 67.6 Å². The van der Waals surface area contributed by atoms with Crippen LogP contribution in [0, 0.1) is 5.41 Å². The number of carbonyl (C=O) groups excluding carboxylic acids is 3. The Labute approximate surface area is 416 Å². The smallest absolute Gasteiger partial charge is 0.392 e. The summed E-state index contributed by atoms with van der Waals surface area (Å²) in [5, 5.41) is 16.2. The Morgan fingerprint density at radius 3 is 2.44 bits per heavy atom. The molecule has 7 heterocycles. The van der Waals surface area contributed by atoms with Gasteiger partial charge in [-0.05, 0) is 113 Å². The molecular formula is C53H62F3N11O5. The largest absolute Gasteiger partial charge is 0.399 e. The van der Waals surface area contributed by atoms with Gasteiger partial charge in [-0.3, -0.25) is 39.3 Å². The number of aliphatic hydroxyl groups is 1. The highest BCUT2D eigenvalue weighted by Gasteiger charge is 2.50. The normalized spacial score (nSPS) is 20.5. The van der Waals surface area contributed by atoms with Crippen molar-refractivity contribution in [2.45, 2.75) is 110 Å². The number of aromatic nitrogens is 5. The van der Waals surface area contributed by atoms with Crippen molar-refractivity contribution in [3.63, 3.8) is 0 Å². The molecule has 3 amide bonds. The van der Waals surface area contributed by atoms with Gasteiger partial charge in [0.05, 0.1) is 18.0 Å². The molecule has 1 unspecified atom stereocenters. The van der Waals surface area contributed by atoms with E-state index in [-0.39, 0.29) is 41.0 Å². The number of imide groups is 1. The van der Waals surface area contributed by atoms with E-state index in [9.17, 15) is 37.5 Å². The number of nitrogens with zero attached hydrogens (tertiary/aromatic N) is 9. The molecule has 4 aromatic heterocycles. The van der Waals surface area contributed by atoms with Gasteiger partial charge in [0.2, 0.25) is 12.3 Å². The number of benzene rings is 1. The van der Waals surface area contributed by atoms with E-state index in [4.69, 9.17) is 4.98 Å². The van der Waals surface area contributed by atoms with E-state index in [0.717, 1.165) is 64.0 Å². The van der Waals surface area contributed by atoms with Crippen molar-refractivity contribution in [2.24, 2.45) is 12.5 Å². The average molecular weight is 990 g/mol. The third-order valence-electron chi connectivity index (χ3n) is 15.1.